The molecule has 1 rings (SSSR count). The van der Waals surface area contributed by atoms with Crippen molar-refractivity contribution in [1.29, 1.82) is 0 Å². The van der Waals surface area contributed by atoms with Crippen LogP contribution in [-0.4, -0.2) is 74.7 Å². The molecule has 1 heterocycles. The highest BCUT2D eigenvalue weighted by atomic mass is 32.2. The van der Waals surface area contributed by atoms with Gasteiger partial charge in [0.05, 0.1) is 12.4 Å². The van der Waals surface area contributed by atoms with E-state index in [1.165, 1.54) is 9.21 Å². The lowest BCUT2D eigenvalue weighted by Crippen LogP contribution is -2.51. The number of ether oxygens (including phenoxy) is 1. The zero-order chi connectivity index (χ0) is 17.5. The van der Waals surface area contributed by atoms with Crippen molar-refractivity contribution in [2.45, 2.75) is 27.2 Å². The normalized spacial score (nSPS) is 16.4. The number of hydrogen-bond donors (Lipinski definition) is 1. The Morgan fingerprint density at radius 1 is 1.17 bits per heavy atom. The summed E-state index contributed by atoms with van der Waals surface area (Å²) in [5, 5.41) is 2.62. The van der Waals surface area contributed by atoms with E-state index in [-0.39, 0.29) is 37.2 Å². The number of carbonyl (C=O) groups excluding carboxylic acids is 2. The van der Waals surface area contributed by atoms with Crippen molar-refractivity contribution in [2.75, 3.05) is 45.1 Å². The quantitative estimate of drug-likeness (QED) is 0.711. The molecule has 0 radical (unpaired) electrons. The Morgan fingerprint density at radius 3 is 2.30 bits per heavy atom. The number of nitrogens with one attached hydrogen (secondary N) is 1. The van der Waals surface area contributed by atoms with Gasteiger partial charge in [-0.05, 0) is 12.8 Å². The van der Waals surface area contributed by atoms with E-state index in [4.69, 9.17) is 4.74 Å². The second-order valence-corrected chi connectivity index (χ2v) is 7.94. The smallest absolute Gasteiger partial charge is 0.409 e. The van der Waals surface area contributed by atoms with Crippen LogP contribution in [0.4, 0.5) is 4.79 Å². The number of piperazine rings is 1. The molecule has 1 fully saturated rings. The predicted molar refractivity (Wildman–Crippen MR) is 86.4 cm³/mol. The molecule has 2 amide bonds. The lowest BCUT2D eigenvalue weighted by atomic mass is 10.1. The van der Waals surface area contributed by atoms with E-state index in [1.807, 2.05) is 13.8 Å². The molecule has 1 saturated heterocycles. The van der Waals surface area contributed by atoms with E-state index in [0.29, 0.717) is 26.1 Å². The van der Waals surface area contributed by atoms with Crippen molar-refractivity contribution in [3.63, 3.8) is 0 Å². The first kappa shape index (κ1) is 19.7. The molecule has 0 aromatic heterocycles. The second-order valence-electron chi connectivity index (χ2n) is 5.85. The Kier molecular flexibility index (Phi) is 7.77. The van der Waals surface area contributed by atoms with Gasteiger partial charge in [-0.1, -0.05) is 13.8 Å². The van der Waals surface area contributed by atoms with Crippen molar-refractivity contribution in [1.82, 2.24) is 14.5 Å². The third-order valence-corrected chi connectivity index (χ3v) is 5.31. The van der Waals surface area contributed by atoms with Crippen LogP contribution in [0, 0.1) is 5.92 Å². The lowest BCUT2D eigenvalue weighted by molar-refractivity contribution is -0.121. The summed E-state index contributed by atoms with van der Waals surface area (Å²) in [6.45, 7) is 7.13. The Balaban J connectivity index is 2.38. The zero-order valence-electron chi connectivity index (χ0n) is 14.1. The molecule has 1 aliphatic rings. The largest absolute Gasteiger partial charge is 0.450 e. The average Bonchev–Trinajstić information content (AvgIpc) is 2.46. The van der Waals surface area contributed by atoms with Crippen molar-refractivity contribution < 1.29 is 22.7 Å². The van der Waals surface area contributed by atoms with Gasteiger partial charge in [0.25, 0.3) is 0 Å². The molecule has 134 valence electrons. The molecule has 1 N–H and O–H groups in total. The van der Waals surface area contributed by atoms with Crippen molar-refractivity contribution in [3.05, 3.63) is 0 Å². The highest BCUT2D eigenvalue weighted by molar-refractivity contribution is 7.89. The summed E-state index contributed by atoms with van der Waals surface area (Å²) < 4.78 is 30.7. The monoisotopic (exact) mass is 349 g/mol. The first-order valence-electron chi connectivity index (χ1n) is 7.92. The molecule has 1 aliphatic heterocycles. The number of amides is 2. The predicted octanol–water partition coefficient (Wildman–Crippen LogP) is 0.253. The van der Waals surface area contributed by atoms with Gasteiger partial charge in [0.1, 0.15) is 0 Å². The maximum atomic E-state index is 12.2. The van der Waals surface area contributed by atoms with Crippen molar-refractivity contribution >= 4 is 22.0 Å². The minimum absolute atomic E-state index is 0.103. The number of carbonyl (C=O) groups is 2. The molecule has 0 saturated carbocycles. The number of nitrogens with zero attached hydrogens (tertiary/aromatic N) is 2. The maximum absolute atomic E-state index is 12.2. The summed E-state index contributed by atoms with van der Waals surface area (Å²) >= 11 is 0. The Bertz CT molecular complexity index is 499. The van der Waals surface area contributed by atoms with Gasteiger partial charge in [0.2, 0.25) is 15.9 Å². The van der Waals surface area contributed by atoms with Gasteiger partial charge in [-0.25, -0.2) is 13.2 Å². The van der Waals surface area contributed by atoms with E-state index in [1.54, 1.807) is 6.92 Å². The van der Waals surface area contributed by atoms with Gasteiger partial charge in [-0.15, -0.1) is 0 Å². The molecule has 9 heteroatoms. The minimum Gasteiger partial charge on any atom is -0.450 e. The van der Waals surface area contributed by atoms with E-state index in [9.17, 15) is 18.0 Å². The second kappa shape index (κ2) is 9.07. The Morgan fingerprint density at radius 2 is 1.78 bits per heavy atom. The van der Waals surface area contributed by atoms with Crippen LogP contribution in [0.15, 0.2) is 0 Å². The van der Waals surface area contributed by atoms with E-state index >= 15 is 0 Å². The lowest BCUT2D eigenvalue weighted by Gasteiger charge is -2.33. The standard InChI is InChI=1S/C14H27N3O5S/c1-4-22-14(19)16-6-8-17(9-7-16)23(20,21)10-5-15-13(18)11-12(2)3/h12H,4-11H2,1-3H3,(H,15,18). The molecule has 0 aliphatic carbocycles. The molecule has 0 bridgehead atoms. The summed E-state index contributed by atoms with van der Waals surface area (Å²) in [5.74, 6) is -0.0270. The highest BCUT2D eigenvalue weighted by Crippen LogP contribution is 2.09. The third kappa shape index (κ3) is 6.74. The fourth-order valence-corrected chi connectivity index (χ4v) is 3.59. The highest BCUT2D eigenvalue weighted by Gasteiger charge is 2.29. The Hall–Kier alpha value is -1.35. The fraction of sp³-hybridized carbons (Fsp3) is 0.857. The van der Waals surface area contributed by atoms with Crippen LogP contribution in [0.5, 0.6) is 0 Å². The minimum atomic E-state index is -3.43. The molecule has 0 aromatic rings. The number of rotatable bonds is 7. The topological polar surface area (TPSA) is 96.0 Å². The molecule has 0 unspecified atom stereocenters. The first-order chi connectivity index (χ1) is 10.8. The van der Waals surface area contributed by atoms with Gasteiger partial charge in [0, 0.05) is 39.1 Å². The summed E-state index contributed by atoms with van der Waals surface area (Å²) in [4.78, 5) is 24.6. The fourth-order valence-electron chi connectivity index (χ4n) is 2.26. The first-order valence-corrected chi connectivity index (χ1v) is 9.53. The molecular formula is C14H27N3O5S. The van der Waals surface area contributed by atoms with Crippen LogP contribution in [0.3, 0.4) is 0 Å². The summed E-state index contributed by atoms with van der Waals surface area (Å²) in [6.07, 6.45) is -0.0244. The van der Waals surface area contributed by atoms with Crippen LogP contribution in [0.25, 0.3) is 0 Å². The van der Waals surface area contributed by atoms with E-state index < -0.39 is 16.1 Å². The summed E-state index contributed by atoms with van der Waals surface area (Å²) in [7, 11) is -3.43. The SMILES string of the molecule is CCOC(=O)N1CCN(S(=O)(=O)CCNC(=O)CC(C)C)CC1. The van der Waals surface area contributed by atoms with Crippen LogP contribution >= 0.6 is 0 Å². The van der Waals surface area contributed by atoms with Crippen molar-refractivity contribution in [2.24, 2.45) is 5.92 Å². The summed E-state index contributed by atoms with van der Waals surface area (Å²) in [6, 6.07) is 0. The van der Waals surface area contributed by atoms with E-state index in [2.05, 4.69) is 5.32 Å². The summed E-state index contributed by atoms with van der Waals surface area (Å²) in [5.41, 5.74) is 0. The average molecular weight is 349 g/mol. The van der Waals surface area contributed by atoms with Crippen LogP contribution in [0.2, 0.25) is 0 Å². The van der Waals surface area contributed by atoms with E-state index in [0.717, 1.165) is 0 Å². The molecule has 0 aromatic carbocycles. The van der Waals surface area contributed by atoms with Crippen LogP contribution in [-0.2, 0) is 19.6 Å². The van der Waals surface area contributed by atoms with Gasteiger partial charge < -0.3 is 15.0 Å². The van der Waals surface area contributed by atoms with Crippen molar-refractivity contribution in [3.8, 4) is 0 Å². The molecule has 23 heavy (non-hydrogen) atoms. The van der Waals surface area contributed by atoms with Gasteiger partial charge in [-0.3, -0.25) is 4.79 Å². The van der Waals surface area contributed by atoms with Crippen LogP contribution in [0.1, 0.15) is 27.2 Å². The third-order valence-electron chi connectivity index (χ3n) is 3.43. The molecular weight excluding hydrogens is 322 g/mol. The number of hydrogen-bond acceptors (Lipinski definition) is 5. The molecule has 0 spiro atoms. The maximum Gasteiger partial charge on any atom is 0.409 e. The zero-order valence-corrected chi connectivity index (χ0v) is 14.9. The van der Waals surface area contributed by atoms with Gasteiger partial charge in [-0.2, -0.15) is 4.31 Å². The van der Waals surface area contributed by atoms with Gasteiger partial charge >= 0.3 is 6.09 Å². The molecule has 0 atom stereocenters. The van der Waals surface area contributed by atoms with Crippen LogP contribution < -0.4 is 5.32 Å². The van der Waals surface area contributed by atoms with Gasteiger partial charge in [0.15, 0.2) is 0 Å². The molecule has 8 nitrogen and oxygen atoms in total. The Labute approximate surface area is 138 Å². The number of sulfonamides is 1.